The van der Waals surface area contributed by atoms with Gasteiger partial charge in [0.2, 0.25) is 5.91 Å². The summed E-state index contributed by atoms with van der Waals surface area (Å²) in [6.07, 6.45) is 2.10. The van der Waals surface area contributed by atoms with Crippen LogP contribution >= 0.6 is 15.9 Å². The van der Waals surface area contributed by atoms with Crippen molar-refractivity contribution in [1.29, 1.82) is 0 Å². The third-order valence-corrected chi connectivity index (χ3v) is 5.22. The van der Waals surface area contributed by atoms with Gasteiger partial charge in [0, 0.05) is 29.3 Å². The molecule has 0 saturated carbocycles. The number of benzene rings is 1. The number of carbonyl (C=O) groups is 2. The standard InChI is InChI=1S/C17H14BrFN2O2/c18-9-6-8(4-5-10(9)19)14-15-11(2-1-3-13(15)22)21-12-7-20-17(23)16(12)14/h4-6,14,21H,1-3,7H2,(H,20,23)/t14-/m1/s1. The summed E-state index contributed by atoms with van der Waals surface area (Å²) in [5.41, 5.74) is 3.73. The highest BCUT2D eigenvalue weighted by Gasteiger charge is 2.41. The number of ketones is 1. The highest BCUT2D eigenvalue weighted by molar-refractivity contribution is 9.10. The molecule has 1 aromatic carbocycles. The van der Waals surface area contributed by atoms with E-state index in [1.54, 1.807) is 12.1 Å². The summed E-state index contributed by atoms with van der Waals surface area (Å²) < 4.78 is 13.9. The van der Waals surface area contributed by atoms with Crippen molar-refractivity contribution >= 4 is 27.6 Å². The fraction of sp³-hybridized carbons (Fsp3) is 0.294. The van der Waals surface area contributed by atoms with Gasteiger partial charge in [-0.1, -0.05) is 6.07 Å². The number of nitrogens with one attached hydrogen (secondary N) is 2. The fourth-order valence-corrected chi connectivity index (χ4v) is 3.99. The first-order valence-electron chi connectivity index (χ1n) is 7.55. The summed E-state index contributed by atoms with van der Waals surface area (Å²) in [6, 6.07) is 4.68. The molecule has 1 atom stereocenters. The number of carbonyl (C=O) groups excluding carboxylic acids is 2. The number of hydrogen-bond acceptors (Lipinski definition) is 3. The molecule has 2 heterocycles. The van der Waals surface area contributed by atoms with Crippen LogP contribution in [-0.2, 0) is 9.59 Å². The minimum absolute atomic E-state index is 0.0652. The second-order valence-corrected chi connectivity index (χ2v) is 6.83. The molecule has 6 heteroatoms. The molecule has 1 aromatic rings. The molecule has 1 amide bonds. The monoisotopic (exact) mass is 376 g/mol. The zero-order chi connectivity index (χ0) is 16.1. The van der Waals surface area contributed by atoms with Gasteiger partial charge in [-0.3, -0.25) is 9.59 Å². The number of allylic oxidation sites excluding steroid dienone is 2. The molecule has 0 aromatic heterocycles. The van der Waals surface area contributed by atoms with Gasteiger partial charge in [-0.2, -0.15) is 0 Å². The predicted molar refractivity (Wildman–Crippen MR) is 85.9 cm³/mol. The summed E-state index contributed by atoms with van der Waals surface area (Å²) >= 11 is 3.20. The largest absolute Gasteiger partial charge is 0.360 e. The van der Waals surface area contributed by atoms with Gasteiger partial charge in [-0.05, 0) is 46.5 Å². The Bertz CT molecular complexity index is 813. The van der Waals surface area contributed by atoms with Gasteiger partial charge in [0.05, 0.1) is 16.6 Å². The van der Waals surface area contributed by atoms with E-state index in [0.29, 0.717) is 28.6 Å². The van der Waals surface area contributed by atoms with Crippen LogP contribution in [0.4, 0.5) is 4.39 Å². The molecule has 3 aliphatic rings. The van der Waals surface area contributed by atoms with Gasteiger partial charge in [-0.25, -0.2) is 4.39 Å². The van der Waals surface area contributed by atoms with E-state index in [1.165, 1.54) is 6.07 Å². The minimum atomic E-state index is -0.423. The smallest absolute Gasteiger partial charge is 0.250 e. The molecule has 118 valence electrons. The van der Waals surface area contributed by atoms with Crippen molar-refractivity contribution in [2.45, 2.75) is 25.2 Å². The van der Waals surface area contributed by atoms with Crippen LogP contribution in [0, 0.1) is 5.82 Å². The van der Waals surface area contributed by atoms with E-state index in [4.69, 9.17) is 0 Å². The van der Waals surface area contributed by atoms with Crippen molar-refractivity contribution in [3.8, 4) is 0 Å². The average molecular weight is 377 g/mol. The maximum Gasteiger partial charge on any atom is 0.250 e. The second-order valence-electron chi connectivity index (χ2n) is 5.98. The Hall–Kier alpha value is -1.95. The quantitative estimate of drug-likeness (QED) is 0.791. The van der Waals surface area contributed by atoms with Gasteiger partial charge in [0.1, 0.15) is 5.82 Å². The SMILES string of the molecule is O=C1CCCC2=C1[C@@H](c1ccc(F)c(Br)c1)C1=C(CNC1=O)N2. The molecule has 2 aliphatic heterocycles. The predicted octanol–water partition coefficient (Wildman–Crippen LogP) is 2.67. The molecule has 4 rings (SSSR count). The Labute approximate surface area is 141 Å². The Morgan fingerprint density at radius 1 is 1.13 bits per heavy atom. The van der Waals surface area contributed by atoms with Crippen molar-refractivity contribution < 1.29 is 14.0 Å². The van der Waals surface area contributed by atoms with E-state index in [2.05, 4.69) is 26.6 Å². The average Bonchev–Trinajstić information content (AvgIpc) is 2.90. The zero-order valence-corrected chi connectivity index (χ0v) is 13.8. The second kappa shape index (κ2) is 5.30. The number of halogens is 2. The highest BCUT2D eigenvalue weighted by atomic mass is 79.9. The Morgan fingerprint density at radius 2 is 1.96 bits per heavy atom. The van der Waals surface area contributed by atoms with E-state index in [-0.39, 0.29) is 17.5 Å². The number of hydrogen-bond donors (Lipinski definition) is 2. The third-order valence-electron chi connectivity index (χ3n) is 4.61. The van der Waals surface area contributed by atoms with Crippen LogP contribution < -0.4 is 10.6 Å². The van der Waals surface area contributed by atoms with Crippen LogP contribution in [0.3, 0.4) is 0 Å². The van der Waals surface area contributed by atoms with E-state index in [0.717, 1.165) is 29.8 Å². The molecule has 0 saturated heterocycles. The van der Waals surface area contributed by atoms with E-state index < -0.39 is 5.92 Å². The molecule has 4 nitrogen and oxygen atoms in total. The number of Topliss-reactive ketones (excluding diaryl/α,β-unsaturated/α-hetero) is 1. The molecule has 0 bridgehead atoms. The summed E-state index contributed by atoms with van der Waals surface area (Å²) in [7, 11) is 0. The van der Waals surface area contributed by atoms with Crippen LogP contribution in [0.5, 0.6) is 0 Å². The topological polar surface area (TPSA) is 58.2 Å². The van der Waals surface area contributed by atoms with Gasteiger partial charge in [0.15, 0.2) is 5.78 Å². The molecule has 1 aliphatic carbocycles. The summed E-state index contributed by atoms with van der Waals surface area (Å²) in [5, 5.41) is 6.09. The van der Waals surface area contributed by atoms with Crippen LogP contribution in [0.15, 0.2) is 45.2 Å². The maximum absolute atomic E-state index is 13.6. The van der Waals surface area contributed by atoms with Crippen molar-refractivity contribution in [3.63, 3.8) is 0 Å². The van der Waals surface area contributed by atoms with Crippen LogP contribution in [0.1, 0.15) is 30.7 Å². The third kappa shape index (κ3) is 2.24. The highest BCUT2D eigenvalue weighted by Crippen LogP contribution is 2.43. The lowest BCUT2D eigenvalue weighted by atomic mass is 9.75. The lowest BCUT2D eigenvalue weighted by Gasteiger charge is -2.32. The molecular formula is C17H14BrFN2O2. The van der Waals surface area contributed by atoms with Crippen LogP contribution in [0.25, 0.3) is 0 Å². The van der Waals surface area contributed by atoms with Crippen molar-refractivity contribution in [2.24, 2.45) is 0 Å². The lowest BCUT2D eigenvalue weighted by molar-refractivity contribution is -0.117. The van der Waals surface area contributed by atoms with Crippen LogP contribution in [0.2, 0.25) is 0 Å². The number of dihydropyridines is 1. The summed E-state index contributed by atoms with van der Waals surface area (Å²) in [6.45, 7) is 0.442. The van der Waals surface area contributed by atoms with Crippen molar-refractivity contribution in [3.05, 3.63) is 56.6 Å². The molecule has 0 unspecified atom stereocenters. The Balaban J connectivity index is 1.91. The number of rotatable bonds is 1. The summed E-state index contributed by atoms with van der Waals surface area (Å²) in [4.78, 5) is 24.8. The zero-order valence-electron chi connectivity index (χ0n) is 12.2. The van der Waals surface area contributed by atoms with E-state index >= 15 is 0 Å². The van der Waals surface area contributed by atoms with E-state index in [9.17, 15) is 14.0 Å². The fourth-order valence-electron chi connectivity index (χ4n) is 3.59. The normalized spacial score (nSPS) is 23.5. The van der Waals surface area contributed by atoms with Crippen molar-refractivity contribution in [2.75, 3.05) is 6.54 Å². The molecule has 0 radical (unpaired) electrons. The Morgan fingerprint density at radius 3 is 2.74 bits per heavy atom. The van der Waals surface area contributed by atoms with Gasteiger partial charge in [0.25, 0.3) is 0 Å². The van der Waals surface area contributed by atoms with Gasteiger partial charge < -0.3 is 10.6 Å². The van der Waals surface area contributed by atoms with Gasteiger partial charge in [-0.15, -0.1) is 0 Å². The summed E-state index contributed by atoms with van der Waals surface area (Å²) in [5.74, 6) is -0.885. The molecule has 0 spiro atoms. The lowest BCUT2D eigenvalue weighted by Crippen LogP contribution is -2.32. The minimum Gasteiger partial charge on any atom is -0.360 e. The number of amides is 1. The maximum atomic E-state index is 13.6. The first-order chi connectivity index (χ1) is 11.1. The van der Waals surface area contributed by atoms with Crippen LogP contribution in [-0.4, -0.2) is 18.2 Å². The molecular weight excluding hydrogens is 363 g/mol. The van der Waals surface area contributed by atoms with Crippen molar-refractivity contribution in [1.82, 2.24) is 10.6 Å². The van der Waals surface area contributed by atoms with Gasteiger partial charge >= 0.3 is 0 Å². The molecule has 0 fully saturated rings. The van der Waals surface area contributed by atoms with E-state index in [1.807, 2.05) is 0 Å². The molecule has 23 heavy (non-hydrogen) atoms. The first-order valence-corrected chi connectivity index (χ1v) is 8.35. The molecule has 2 N–H and O–H groups in total. The Kier molecular flexibility index (Phi) is 3.37. The first kappa shape index (κ1) is 14.6.